The summed E-state index contributed by atoms with van der Waals surface area (Å²) in [6, 6.07) is 7.74. The Hall–Kier alpha value is -3.29. The number of rotatable bonds is 4. The monoisotopic (exact) mass is 382 g/mol. The molecule has 0 spiro atoms. The van der Waals surface area contributed by atoms with E-state index in [0.717, 1.165) is 35.7 Å². The van der Waals surface area contributed by atoms with Crippen molar-refractivity contribution >= 4 is 22.8 Å². The standard InChI is InChI=1S/C20H22N4O4/c1-12-7-13(2)19-14(8-12)10-20(3,4)11-17(19)22-21-16-6-5-15(23(25)26)9-18(16)24(27)28/h5-9,21H,10-11H2,1-4H3/b22-17+. The SMILES string of the molecule is Cc1cc(C)c2c(c1)CC(C)(C)C/C2=N\Nc1ccc([N+](=O)[O-])cc1[N+](=O)[O-]. The molecule has 0 aliphatic heterocycles. The van der Waals surface area contributed by atoms with Gasteiger partial charge in [-0.15, -0.1) is 0 Å². The van der Waals surface area contributed by atoms with Gasteiger partial charge in [0, 0.05) is 11.6 Å². The fourth-order valence-electron chi connectivity index (χ4n) is 3.83. The average molecular weight is 382 g/mol. The molecule has 0 saturated heterocycles. The summed E-state index contributed by atoms with van der Waals surface area (Å²) in [7, 11) is 0. The number of nitro benzene ring substituents is 2. The van der Waals surface area contributed by atoms with Crippen molar-refractivity contribution in [1.29, 1.82) is 0 Å². The highest BCUT2D eigenvalue weighted by Gasteiger charge is 2.31. The molecule has 2 aromatic carbocycles. The van der Waals surface area contributed by atoms with Crippen molar-refractivity contribution < 1.29 is 9.85 Å². The molecule has 0 saturated carbocycles. The van der Waals surface area contributed by atoms with Gasteiger partial charge in [0.25, 0.3) is 5.69 Å². The normalized spacial score (nSPS) is 16.5. The molecular weight excluding hydrogens is 360 g/mol. The molecule has 0 radical (unpaired) electrons. The molecule has 0 fully saturated rings. The van der Waals surface area contributed by atoms with E-state index in [4.69, 9.17) is 0 Å². The second-order valence-electron chi connectivity index (χ2n) is 8.02. The van der Waals surface area contributed by atoms with Gasteiger partial charge in [0.05, 0.1) is 21.6 Å². The minimum absolute atomic E-state index is 0.00908. The number of hydrazone groups is 1. The summed E-state index contributed by atoms with van der Waals surface area (Å²) in [5.74, 6) is 0. The molecule has 0 amide bonds. The van der Waals surface area contributed by atoms with Crippen LogP contribution in [0.25, 0.3) is 0 Å². The minimum atomic E-state index is -0.658. The third kappa shape index (κ3) is 3.85. The Morgan fingerprint density at radius 2 is 1.75 bits per heavy atom. The lowest BCUT2D eigenvalue weighted by atomic mass is 9.72. The van der Waals surface area contributed by atoms with Crippen LogP contribution >= 0.6 is 0 Å². The summed E-state index contributed by atoms with van der Waals surface area (Å²) in [6.45, 7) is 8.42. The topological polar surface area (TPSA) is 111 Å². The second-order valence-corrected chi connectivity index (χ2v) is 8.02. The zero-order chi connectivity index (χ0) is 20.6. The van der Waals surface area contributed by atoms with E-state index in [1.165, 1.54) is 23.3 Å². The van der Waals surface area contributed by atoms with Crippen molar-refractivity contribution in [3.63, 3.8) is 0 Å². The molecule has 0 unspecified atom stereocenters. The van der Waals surface area contributed by atoms with Crippen molar-refractivity contribution in [2.75, 3.05) is 5.43 Å². The van der Waals surface area contributed by atoms with Gasteiger partial charge in [0.1, 0.15) is 5.69 Å². The van der Waals surface area contributed by atoms with Crippen molar-refractivity contribution in [1.82, 2.24) is 0 Å². The molecule has 0 atom stereocenters. The molecule has 28 heavy (non-hydrogen) atoms. The number of nitrogens with one attached hydrogen (secondary N) is 1. The van der Waals surface area contributed by atoms with Gasteiger partial charge < -0.3 is 0 Å². The fourth-order valence-corrected chi connectivity index (χ4v) is 3.83. The van der Waals surface area contributed by atoms with Gasteiger partial charge in [0.2, 0.25) is 0 Å². The highest BCUT2D eigenvalue weighted by molar-refractivity contribution is 6.05. The molecule has 3 rings (SSSR count). The van der Waals surface area contributed by atoms with Crippen LogP contribution in [0.4, 0.5) is 17.1 Å². The highest BCUT2D eigenvalue weighted by atomic mass is 16.6. The molecule has 1 aliphatic rings. The third-order valence-corrected chi connectivity index (χ3v) is 4.87. The van der Waals surface area contributed by atoms with Crippen LogP contribution in [0.15, 0.2) is 35.4 Å². The predicted molar refractivity (Wildman–Crippen MR) is 108 cm³/mol. The first kappa shape index (κ1) is 19.5. The summed E-state index contributed by atoms with van der Waals surface area (Å²) in [5.41, 5.74) is 7.61. The van der Waals surface area contributed by atoms with Gasteiger partial charge >= 0.3 is 5.69 Å². The Morgan fingerprint density at radius 1 is 1.04 bits per heavy atom. The maximum absolute atomic E-state index is 11.3. The van der Waals surface area contributed by atoms with Crippen LogP contribution in [0.2, 0.25) is 0 Å². The summed E-state index contributed by atoms with van der Waals surface area (Å²) in [4.78, 5) is 20.9. The molecule has 146 valence electrons. The Kier molecular flexibility index (Phi) is 4.89. The molecule has 0 bridgehead atoms. The number of benzene rings is 2. The van der Waals surface area contributed by atoms with Crippen molar-refractivity contribution in [3.8, 4) is 0 Å². The number of fused-ring (bicyclic) bond motifs is 1. The number of hydrogen-bond acceptors (Lipinski definition) is 6. The molecular formula is C20H22N4O4. The van der Waals surface area contributed by atoms with Crippen LogP contribution in [0.5, 0.6) is 0 Å². The van der Waals surface area contributed by atoms with Crippen LogP contribution in [-0.4, -0.2) is 15.6 Å². The van der Waals surface area contributed by atoms with Gasteiger partial charge in [-0.1, -0.05) is 31.5 Å². The maximum atomic E-state index is 11.3. The van der Waals surface area contributed by atoms with E-state index < -0.39 is 9.85 Å². The van der Waals surface area contributed by atoms with Crippen LogP contribution in [-0.2, 0) is 6.42 Å². The van der Waals surface area contributed by atoms with Crippen molar-refractivity contribution in [2.24, 2.45) is 10.5 Å². The van der Waals surface area contributed by atoms with E-state index in [1.807, 2.05) is 6.92 Å². The Balaban J connectivity index is 2.04. The maximum Gasteiger partial charge on any atom is 0.301 e. The van der Waals surface area contributed by atoms with Gasteiger partial charge in [-0.05, 0) is 49.3 Å². The number of aryl methyl sites for hydroxylation is 2. The summed E-state index contributed by atoms with van der Waals surface area (Å²) in [6.07, 6.45) is 1.65. The molecule has 0 heterocycles. The van der Waals surface area contributed by atoms with E-state index in [-0.39, 0.29) is 22.5 Å². The van der Waals surface area contributed by atoms with Crippen LogP contribution in [0.1, 0.15) is 42.5 Å². The van der Waals surface area contributed by atoms with E-state index in [2.05, 4.69) is 43.4 Å². The van der Waals surface area contributed by atoms with Gasteiger partial charge in [0.15, 0.2) is 0 Å². The lowest BCUT2D eigenvalue weighted by Crippen LogP contribution is -2.29. The number of nitrogens with zero attached hydrogens (tertiary/aromatic N) is 3. The smallest absolute Gasteiger partial charge is 0.271 e. The highest BCUT2D eigenvalue weighted by Crippen LogP contribution is 2.37. The Labute approximate surface area is 162 Å². The zero-order valence-corrected chi connectivity index (χ0v) is 16.3. The number of non-ortho nitro benzene ring substituents is 1. The molecule has 1 N–H and O–H groups in total. The number of hydrogen-bond donors (Lipinski definition) is 1. The summed E-state index contributed by atoms with van der Waals surface area (Å²) >= 11 is 0. The van der Waals surface area contributed by atoms with E-state index in [1.54, 1.807) is 0 Å². The zero-order valence-electron chi connectivity index (χ0n) is 16.3. The summed E-state index contributed by atoms with van der Waals surface area (Å²) < 4.78 is 0. The first-order chi connectivity index (χ1) is 13.1. The first-order valence-corrected chi connectivity index (χ1v) is 8.93. The Morgan fingerprint density at radius 3 is 2.39 bits per heavy atom. The van der Waals surface area contributed by atoms with E-state index in [0.29, 0.717) is 0 Å². The van der Waals surface area contributed by atoms with Gasteiger partial charge in [-0.2, -0.15) is 5.10 Å². The Bertz CT molecular complexity index is 1010. The largest absolute Gasteiger partial charge is 0.301 e. The number of anilines is 1. The fraction of sp³-hybridized carbons (Fsp3) is 0.350. The number of nitro groups is 2. The molecule has 2 aromatic rings. The van der Waals surface area contributed by atoms with Crippen LogP contribution in [0.3, 0.4) is 0 Å². The molecule has 8 heteroatoms. The molecule has 1 aliphatic carbocycles. The van der Waals surface area contributed by atoms with Crippen molar-refractivity contribution in [3.05, 3.63) is 72.8 Å². The van der Waals surface area contributed by atoms with Gasteiger partial charge in [-0.25, -0.2) is 0 Å². The lowest BCUT2D eigenvalue weighted by Gasteiger charge is -2.33. The lowest BCUT2D eigenvalue weighted by molar-refractivity contribution is -0.393. The summed E-state index contributed by atoms with van der Waals surface area (Å²) in [5, 5.41) is 26.7. The second kappa shape index (κ2) is 7.03. The van der Waals surface area contributed by atoms with Crippen LogP contribution < -0.4 is 5.43 Å². The van der Waals surface area contributed by atoms with E-state index in [9.17, 15) is 20.2 Å². The first-order valence-electron chi connectivity index (χ1n) is 8.93. The molecule has 0 aromatic heterocycles. The van der Waals surface area contributed by atoms with Gasteiger partial charge in [-0.3, -0.25) is 25.7 Å². The van der Waals surface area contributed by atoms with Crippen LogP contribution in [0, 0.1) is 39.5 Å². The quantitative estimate of drug-likeness (QED) is 0.597. The third-order valence-electron chi connectivity index (χ3n) is 4.87. The molecule has 8 nitrogen and oxygen atoms in total. The van der Waals surface area contributed by atoms with E-state index >= 15 is 0 Å². The van der Waals surface area contributed by atoms with Crippen molar-refractivity contribution in [2.45, 2.75) is 40.5 Å². The minimum Gasteiger partial charge on any atom is -0.271 e. The average Bonchev–Trinajstić information content (AvgIpc) is 2.57. The predicted octanol–water partition coefficient (Wildman–Crippen LogP) is 4.91.